The molecular weight excluding hydrogens is 695 g/mol. The van der Waals surface area contributed by atoms with E-state index in [1.165, 1.54) is 17.3 Å². The number of nitrogens with zero attached hydrogens (tertiary/aromatic N) is 6. The summed E-state index contributed by atoms with van der Waals surface area (Å²) in [6, 6.07) is 19.7. The van der Waals surface area contributed by atoms with Crippen LogP contribution < -0.4 is 20.0 Å². The summed E-state index contributed by atoms with van der Waals surface area (Å²) in [5.74, 6) is 0.0510. The van der Waals surface area contributed by atoms with E-state index in [4.69, 9.17) is 5.26 Å². The van der Waals surface area contributed by atoms with Crippen molar-refractivity contribution in [3.8, 4) is 6.07 Å². The number of piperazine rings is 1. The van der Waals surface area contributed by atoms with Crippen LogP contribution in [-0.4, -0.2) is 92.5 Å². The van der Waals surface area contributed by atoms with Crippen molar-refractivity contribution in [1.82, 2.24) is 15.1 Å². The number of hydrogen-bond donors (Lipinski definition) is 1. The van der Waals surface area contributed by atoms with Gasteiger partial charge in [-0.1, -0.05) is 12.1 Å². The van der Waals surface area contributed by atoms with Gasteiger partial charge in [0.1, 0.15) is 6.04 Å². The first-order valence-electron chi connectivity index (χ1n) is 19.0. The number of rotatable bonds is 7. The molecule has 4 fully saturated rings. The van der Waals surface area contributed by atoms with Gasteiger partial charge in [0.25, 0.3) is 5.91 Å². The Morgan fingerprint density at radius 2 is 1.43 bits per heavy atom. The third-order valence-corrected chi connectivity index (χ3v) is 12.1. The molecule has 5 aliphatic rings. The van der Waals surface area contributed by atoms with Crippen LogP contribution in [0.2, 0.25) is 0 Å². The minimum atomic E-state index is -4.57. The molecular formula is C41H44F3N7O3. The average Bonchev–Trinajstić information content (AvgIpc) is 3.80. The van der Waals surface area contributed by atoms with E-state index in [1.807, 2.05) is 17.0 Å². The summed E-state index contributed by atoms with van der Waals surface area (Å²) >= 11 is 0. The second-order valence-electron chi connectivity index (χ2n) is 15.3. The van der Waals surface area contributed by atoms with Gasteiger partial charge in [0.15, 0.2) is 0 Å². The van der Waals surface area contributed by atoms with Gasteiger partial charge in [-0.05, 0) is 91.3 Å². The average molecular weight is 740 g/mol. The molecule has 0 radical (unpaired) electrons. The van der Waals surface area contributed by atoms with E-state index in [1.54, 1.807) is 17.0 Å². The number of anilines is 3. The standard InChI is InChI=1S/C41H44F3N7O3/c42-41(43,44)36-22-34(6-3-29(36)23-45)50-16-13-30(25-50)28-1-4-32(5-2-28)48-14-11-27(12-15-48)24-47-17-19-49(20-18-47)33-7-8-35-31(21-33)26-51(40(35)54)37-9-10-38(52)46-39(37)53/h1-8,21-22,27,30,37H,9-20,24-26H2,(H,46,52,53)/t30-,37?/m0/s1. The van der Waals surface area contributed by atoms with Crippen molar-refractivity contribution in [2.24, 2.45) is 5.92 Å². The number of nitriles is 1. The number of alkyl halides is 3. The minimum Gasteiger partial charge on any atom is -0.372 e. The molecule has 10 nitrogen and oxygen atoms in total. The number of benzene rings is 3. The second kappa shape index (κ2) is 14.6. The Morgan fingerprint density at radius 1 is 0.759 bits per heavy atom. The zero-order valence-corrected chi connectivity index (χ0v) is 30.2. The molecule has 13 heteroatoms. The van der Waals surface area contributed by atoms with E-state index in [0.717, 1.165) is 82.4 Å². The fourth-order valence-electron chi connectivity index (χ4n) is 8.97. The van der Waals surface area contributed by atoms with Gasteiger partial charge in [0.05, 0.1) is 17.2 Å². The predicted molar refractivity (Wildman–Crippen MR) is 198 cm³/mol. The van der Waals surface area contributed by atoms with Crippen LogP contribution in [0, 0.1) is 17.2 Å². The number of halogens is 3. The maximum Gasteiger partial charge on any atom is 0.417 e. The smallest absolute Gasteiger partial charge is 0.372 e. The zero-order chi connectivity index (χ0) is 37.6. The number of imide groups is 1. The molecule has 54 heavy (non-hydrogen) atoms. The van der Waals surface area contributed by atoms with Crippen molar-refractivity contribution in [3.05, 3.63) is 88.5 Å². The highest BCUT2D eigenvalue weighted by Gasteiger charge is 2.40. The van der Waals surface area contributed by atoms with E-state index >= 15 is 0 Å². The van der Waals surface area contributed by atoms with E-state index in [0.29, 0.717) is 43.2 Å². The summed E-state index contributed by atoms with van der Waals surface area (Å²) < 4.78 is 40.6. The maximum atomic E-state index is 13.5. The molecule has 4 saturated heterocycles. The van der Waals surface area contributed by atoms with Gasteiger partial charge in [-0.15, -0.1) is 0 Å². The summed E-state index contributed by atoms with van der Waals surface area (Å²) in [7, 11) is 0. The molecule has 3 aromatic rings. The molecule has 282 valence electrons. The first kappa shape index (κ1) is 35.9. The molecule has 1 N–H and O–H groups in total. The Morgan fingerprint density at radius 3 is 2.13 bits per heavy atom. The Hall–Kier alpha value is -5.09. The van der Waals surface area contributed by atoms with Gasteiger partial charge < -0.3 is 19.6 Å². The van der Waals surface area contributed by atoms with Crippen molar-refractivity contribution in [2.75, 3.05) is 73.6 Å². The fraction of sp³-hybridized carbons (Fsp3) is 0.463. The van der Waals surface area contributed by atoms with Crippen LogP contribution in [0.5, 0.6) is 0 Å². The zero-order valence-electron chi connectivity index (χ0n) is 30.2. The lowest BCUT2D eigenvalue weighted by molar-refractivity contribution is -0.138. The highest BCUT2D eigenvalue weighted by atomic mass is 19.4. The number of fused-ring (bicyclic) bond motifs is 1. The summed E-state index contributed by atoms with van der Waals surface area (Å²) in [5.41, 5.74) is 4.35. The highest BCUT2D eigenvalue weighted by molar-refractivity contribution is 6.05. The van der Waals surface area contributed by atoms with Crippen molar-refractivity contribution < 1.29 is 27.6 Å². The quantitative estimate of drug-likeness (QED) is 0.323. The molecule has 3 aromatic carbocycles. The molecule has 8 rings (SSSR count). The van der Waals surface area contributed by atoms with E-state index in [9.17, 15) is 27.6 Å². The van der Waals surface area contributed by atoms with Crippen LogP contribution in [0.15, 0.2) is 60.7 Å². The molecule has 0 saturated carbocycles. The van der Waals surface area contributed by atoms with Crippen LogP contribution >= 0.6 is 0 Å². The second-order valence-corrected chi connectivity index (χ2v) is 15.3. The molecule has 0 spiro atoms. The van der Waals surface area contributed by atoms with Gasteiger partial charge >= 0.3 is 6.18 Å². The van der Waals surface area contributed by atoms with Gasteiger partial charge in [-0.3, -0.25) is 24.6 Å². The summed E-state index contributed by atoms with van der Waals surface area (Å²) in [4.78, 5) is 48.1. The monoisotopic (exact) mass is 739 g/mol. The Kier molecular flexibility index (Phi) is 9.73. The Bertz CT molecular complexity index is 1960. The lowest BCUT2D eigenvalue weighted by Gasteiger charge is -2.40. The maximum absolute atomic E-state index is 13.5. The number of carbonyl (C=O) groups is 3. The van der Waals surface area contributed by atoms with Crippen LogP contribution in [0.25, 0.3) is 0 Å². The Balaban J connectivity index is 0.788. The topological polar surface area (TPSA) is 103 Å². The lowest BCUT2D eigenvalue weighted by atomic mass is 9.94. The molecule has 0 aromatic heterocycles. The molecule has 0 aliphatic carbocycles. The predicted octanol–water partition coefficient (Wildman–Crippen LogP) is 5.37. The third kappa shape index (κ3) is 7.23. The largest absolute Gasteiger partial charge is 0.417 e. The fourth-order valence-corrected chi connectivity index (χ4v) is 8.97. The van der Waals surface area contributed by atoms with Crippen molar-refractivity contribution >= 4 is 34.8 Å². The van der Waals surface area contributed by atoms with Crippen molar-refractivity contribution in [2.45, 2.75) is 56.8 Å². The van der Waals surface area contributed by atoms with Gasteiger partial charge in [0.2, 0.25) is 11.8 Å². The number of amides is 3. The normalized spacial score (nSPS) is 22.8. The molecule has 0 bridgehead atoms. The molecule has 5 heterocycles. The number of piperidine rings is 2. The molecule has 1 unspecified atom stereocenters. The van der Waals surface area contributed by atoms with E-state index in [-0.39, 0.29) is 29.7 Å². The first-order valence-corrected chi connectivity index (χ1v) is 19.0. The number of carbonyl (C=O) groups excluding carboxylic acids is 3. The molecule has 2 atom stereocenters. The summed E-state index contributed by atoms with van der Waals surface area (Å²) in [5, 5.41) is 11.5. The van der Waals surface area contributed by atoms with Crippen LogP contribution in [0.3, 0.4) is 0 Å². The first-order chi connectivity index (χ1) is 26.0. The van der Waals surface area contributed by atoms with Crippen LogP contribution in [-0.2, 0) is 22.3 Å². The third-order valence-electron chi connectivity index (χ3n) is 12.1. The van der Waals surface area contributed by atoms with E-state index < -0.39 is 23.7 Å². The van der Waals surface area contributed by atoms with Crippen molar-refractivity contribution in [1.29, 1.82) is 5.26 Å². The SMILES string of the molecule is N#Cc1ccc(N2CC[C@H](c3ccc(N4CCC(CN5CCN(c6ccc7c(c6)CN(C6CCC(=O)NC6=O)C7=O)CC5)CC4)cc3)C2)cc1C(F)(F)F. The van der Waals surface area contributed by atoms with Crippen LogP contribution in [0.1, 0.15) is 70.6 Å². The van der Waals surface area contributed by atoms with Gasteiger partial charge in [0, 0.05) is 100 Å². The van der Waals surface area contributed by atoms with Gasteiger partial charge in [-0.25, -0.2) is 0 Å². The molecule has 5 aliphatic heterocycles. The minimum absolute atomic E-state index is 0.146. The van der Waals surface area contributed by atoms with Crippen molar-refractivity contribution in [3.63, 3.8) is 0 Å². The van der Waals surface area contributed by atoms with E-state index in [2.05, 4.69) is 50.3 Å². The summed E-state index contributed by atoms with van der Waals surface area (Å²) in [6.07, 6.45) is -0.838. The van der Waals surface area contributed by atoms with Gasteiger partial charge in [-0.2, -0.15) is 18.4 Å². The molecule has 3 amide bonds. The number of nitrogens with one attached hydrogen (secondary N) is 1. The summed E-state index contributed by atoms with van der Waals surface area (Å²) in [6.45, 7) is 8.57. The highest BCUT2D eigenvalue weighted by Crippen LogP contribution is 2.38. The van der Waals surface area contributed by atoms with Crippen LogP contribution in [0.4, 0.5) is 30.2 Å². The lowest BCUT2D eigenvalue weighted by Crippen LogP contribution is -2.52. The number of hydrogen-bond acceptors (Lipinski definition) is 8. The Labute approximate surface area is 313 Å².